The van der Waals surface area contributed by atoms with Crippen molar-refractivity contribution in [3.8, 4) is 11.5 Å². The Labute approximate surface area is 121 Å². The molecule has 0 spiro atoms. The summed E-state index contributed by atoms with van der Waals surface area (Å²) >= 11 is 5.89. The SMILES string of the molecule is C[Si](C)(C)C#CC(=O)CC/C=C/c1cccc(Cl)c1. The average molecular weight is 291 g/mol. The number of carbonyl (C=O) groups excluding carboxylic acids is 1. The highest BCUT2D eigenvalue weighted by Gasteiger charge is 2.08. The third-order valence-electron chi connectivity index (χ3n) is 2.27. The normalized spacial score (nSPS) is 11.2. The minimum absolute atomic E-state index is 0.0261. The maximum absolute atomic E-state index is 11.5. The molecule has 100 valence electrons. The summed E-state index contributed by atoms with van der Waals surface area (Å²) in [6.07, 6.45) is 5.16. The standard InChI is InChI=1S/C16H19ClOSi/c1-19(2,3)12-11-16(18)10-5-4-7-14-8-6-9-15(17)13-14/h4,6-9,13H,5,10H2,1-3H3/b7-4+. The molecule has 0 heterocycles. The lowest BCUT2D eigenvalue weighted by atomic mass is 10.1. The Morgan fingerprint density at radius 2 is 2.11 bits per heavy atom. The molecule has 0 amide bonds. The minimum atomic E-state index is -1.44. The molecule has 0 saturated heterocycles. The zero-order valence-corrected chi connectivity index (χ0v) is 13.4. The Kier molecular flexibility index (Phi) is 6.07. The number of Topliss-reactive ketones (excluding diaryl/α,β-unsaturated/α-hetero) is 1. The summed E-state index contributed by atoms with van der Waals surface area (Å²) in [5.74, 6) is 2.77. The summed E-state index contributed by atoms with van der Waals surface area (Å²) in [6, 6.07) is 7.63. The Bertz CT molecular complexity index is 530. The van der Waals surface area contributed by atoms with E-state index in [2.05, 4.69) is 31.1 Å². The van der Waals surface area contributed by atoms with Crippen molar-refractivity contribution in [1.82, 2.24) is 0 Å². The van der Waals surface area contributed by atoms with E-state index < -0.39 is 8.07 Å². The molecule has 0 fully saturated rings. The Morgan fingerprint density at radius 1 is 1.37 bits per heavy atom. The van der Waals surface area contributed by atoms with Crippen LogP contribution in [0.3, 0.4) is 0 Å². The van der Waals surface area contributed by atoms with Crippen molar-refractivity contribution in [3.63, 3.8) is 0 Å². The summed E-state index contributed by atoms with van der Waals surface area (Å²) in [6.45, 7) is 6.39. The van der Waals surface area contributed by atoms with Crippen LogP contribution in [0, 0.1) is 11.5 Å². The van der Waals surface area contributed by atoms with Crippen molar-refractivity contribution in [3.05, 3.63) is 40.9 Å². The number of hydrogen-bond donors (Lipinski definition) is 0. The number of halogens is 1. The number of ketones is 1. The molecule has 0 bridgehead atoms. The van der Waals surface area contributed by atoms with Gasteiger partial charge in [-0.3, -0.25) is 4.79 Å². The third kappa shape index (κ3) is 7.66. The fourth-order valence-electron chi connectivity index (χ4n) is 1.36. The van der Waals surface area contributed by atoms with Crippen LogP contribution in [0.4, 0.5) is 0 Å². The smallest absolute Gasteiger partial charge is 0.205 e. The summed E-state index contributed by atoms with van der Waals surface area (Å²) in [7, 11) is -1.44. The molecule has 1 aromatic carbocycles. The molecule has 0 saturated carbocycles. The third-order valence-corrected chi connectivity index (χ3v) is 3.38. The molecule has 1 rings (SSSR count). The first kappa shape index (κ1) is 15.8. The van der Waals surface area contributed by atoms with E-state index in [1.807, 2.05) is 36.4 Å². The van der Waals surface area contributed by atoms with Crippen LogP contribution in [0.2, 0.25) is 24.7 Å². The van der Waals surface area contributed by atoms with Crippen LogP contribution < -0.4 is 0 Å². The van der Waals surface area contributed by atoms with Gasteiger partial charge in [-0.1, -0.05) is 55.5 Å². The van der Waals surface area contributed by atoms with Crippen LogP contribution in [0.1, 0.15) is 18.4 Å². The predicted octanol–water partition coefficient (Wildman–Crippen LogP) is 4.58. The van der Waals surface area contributed by atoms with Gasteiger partial charge in [0.15, 0.2) is 0 Å². The Balaban J connectivity index is 2.42. The van der Waals surface area contributed by atoms with E-state index in [1.165, 1.54) is 0 Å². The Morgan fingerprint density at radius 3 is 2.74 bits per heavy atom. The van der Waals surface area contributed by atoms with Crippen LogP contribution in [-0.2, 0) is 4.79 Å². The molecule has 1 nitrogen and oxygen atoms in total. The first-order valence-electron chi connectivity index (χ1n) is 6.35. The predicted molar refractivity (Wildman–Crippen MR) is 85.8 cm³/mol. The second kappa shape index (κ2) is 7.33. The highest BCUT2D eigenvalue weighted by molar-refractivity contribution is 6.84. The number of hydrogen-bond acceptors (Lipinski definition) is 1. The van der Waals surface area contributed by atoms with Gasteiger partial charge in [0.1, 0.15) is 8.07 Å². The van der Waals surface area contributed by atoms with E-state index in [0.29, 0.717) is 12.8 Å². The minimum Gasteiger partial charge on any atom is -0.285 e. The molecule has 0 unspecified atom stereocenters. The molecule has 0 radical (unpaired) electrons. The number of carbonyl (C=O) groups is 1. The van der Waals surface area contributed by atoms with Gasteiger partial charge in [0, 0.05) is 11.4 Å². The van der Waals surface area contributed by atoms with Crippen molar-refractivity contribution in [1.29, 1.82) is 0 Å². The fraction of sp³-hybridized carbons (Fsp3) is 0.312. The molecule has 0 aliphatic rings. The molecule has 0 N–H and O–H groups in total. The van der Waals surface area contributed by atoms with Crippen LogP contribution in [0.25, 0.3) is 6.08 Å². The summed E-state index contributed by atoms with van der Waals surface area (Å²) in [5.41, 5.74) is 4.13. The molecule has 0 aliphatic heterocycles. The largest absolute Gasteiger partial charge is 0.285 e. The maximum Gasteiger partial charge on any atom is 0.205 e. The van der Waals surface area contributed by atoms with Crippen molar-refractivity contribution < 1.29 is 4.79 Å². The molecular formula is C16H19ClOSi. The van der Waals surface area contributed by atoms with Crippen LogP contribution >= 0.6 is 11.6 Å². The lowest BCUT2D eigenvalue weighted by Gasteiger charge is -2.02. The first-order chi connectivity index (χ1) is 8.87. The molecule has 19 heavy (non-hydrogen) atoms. The fourth-order valence-corrected chi connectivity index (χ4v) is 2.08. The van der Waals surface area contributed by atoms with E-state index in [4.69, 9.17) is 11.6 Å². The molecular weight excluding hydrogens is 272 g/mol. The van der Waals surface area contributed by atoms with E-state index in [0.717, 1.165) is 10.6 Å². The first-order valence-corrected chi connectivity index (χ1v) is 10.2. The van der Waals surface area contributed by atoms with Crippen LogP contribution in [0.5, 0.6) is 0 Å². The summed E-state index contributed by atoms with van der Waals surface area (Å²) in [4.78, 5) is 11.5. The van der Waals surface area contributed by atoms with Crippen molar-refractivity contribution in [2.45, 2.75) is 32.5 Å². The molecule has 0 aromatic heterocycles. The van der Waals surface area contributed by atoms with E-state index in [-0.39, 0.29) is 5.78 Å². The van der Waals surface area contributed by atoms with Gasteiger partial charge in [0.2, 0.25) is 5.78 Å². The average Bonchev–Trinajstić information content (AvgIpc) is 2.31. The number of rotatable bonds is 4. The van der Waals surface area contributed by atoms with Crippen LogP contribution in [0.15, 0.2) is 30.3 Å². The molecule has 0 aliphatic carbocycles. The van der Waals surface area contributed by atoms with E-state index >= 15 is 0 Å². The van der Waals surface area contributed by atoms with Gasteiger partial charge in [-0.2, -0.15) is 0 Å². The van der Waals surface area contributed by atoms with Crippen molar-refractivity contribution in [2.75, 3.05) is 0 Å². The monoisotopic (exact) mass is 290 g/mol. The van der Waals surface area contributed by atoms with Gasteiger partial charge in [0.25, 0.3) is 0 Å². The maximum atomic E-state index is 11.5. The zero-order chi connectivity index (χ0) is 14.3. The summed E-state index contributed by atoms with van der Waals surface area (Å²) in [5, 5.41) is 0.722. The molecule has 3 heteroatoms. The second-order valence-electron chi connectivity index (χ2n) is 5.42. The van der Waals surface area contributed by atoms with Gasteiger partial charge in [0.05, 0.1) is 0 Å². The second-order valence-corrected chi connectivity index (χ2v) is 10.6. The zero-order valence-electron chi connectivity index (χ0n) is 11.7. The van der Waals surface area contributed by atoms with Crippen LogP contribution in [-0.4, -0.2) is 13.9 Å². The highest BCUT2D eigenvalue weighted by atomic mass is 35.5. The lowest BCUT2D eigenvalue weighted by Crippen LogP contribution is -2.17. The quantitative estimate of drug-likeness (QED) is 0.586. The van der Waals surface area contributed by atoms with Gasteiger partial charge in [-0.15, -0.1) is 5.54 Å². The van der Waals surface area contributed by atoms with Gasteiger partial charge in [-0.05, 0) is 30.0 Å². The number of allylic oxidation sites excluding steroid dienone is 1. The van der Waals surface area contributed by atoms with Gasteiger partial charge >= 0.3 is 0 Å². The highest BCUT2D eigenvalue weighted by Crippen LogP contribution is 2.12. The topological polar surface area (TPSA) is 17.1 Å². The van der Waals surface area contributed by atoms with Gasteiger partial charge in [-0.25, -0.2) is 0 Å². The number of benzene rings is 1. The van der Waals surface area contributed by atoms with E-state index in [1.54, 1.807) is 0 Å². The summed E-state index contributed by atoms with van der Waals surface area (Å²) < 4.78 is 0. The van der Waals surface area contributed by atoms with Crippen molar-refractivity contribution >= 4 is 31.5 Å². The molecule has 0 atom stereocenters. The lowest BCUT2D eigenvalue weighted by molar-refractivity contribution is -0.113. The molecule has 1 aromatic rings. The van der Waals surface area contributed by atoms with E-state index in [9.17, 15) is 4.79 Å². The van der Waals surface area contributed by atoms with Gasteiger partial charge < -0.3 is 0 Å². The Hall–Kier alpha value is -1.30. The van der Waals surface area contributed by atoms with Crippen molar-refractivity contribution in [2.24, 2.45) is 0 Å².